The molecule has 4 heteroatoms. The first kappa shape index (κ1) is 12.0. The topological polar surface area (TPSA) is 53.8 Å². The highest BCUT2D eigenvalue weighted by atomic mass is 16.2. The Bertz CT molecular complexity index is 547. The van der Waals surface area contributed by atoms with Crippen molar-refractivity contribution >= 4 is 17.4 Å². The molecule has 2 aromatic rings. The van der Waals surface area contributed by atoms with Gasteiger partial charge in [-0.25, -0.2) is 4.79 Å². The summed E-state index contributed by atoms with van der Waals surface area (Å²) in [4.78, 5) is 11.5. The molecule has 0 unspecified atom stereocenters. The third-order valence-corrected chi connectivity index (χ3v) is 2.32. The van der Waals surface area contributed by atoms with Crippen molar-refractivity contribution < 1.29 is 4.79 Å². The van der Waals surface area contributed by atoms with Crippen LogP contribution in [0.3, 0.4) is 0 Å². The molecule has 2 rings (SSSR count). The molecule has 18 heavy (non-hydrogen) atoms. The van der Waals surface area contributed by atoms with E-state index in [2.05, 4.69) is 15.5 Å². The van der Waals surface area contributed by atoms with E-state index in [0.29, 0.717) is 11.4 Å². The minimum absolute atomic E-state index is 0.484. The molecule has 1 N–H and O–H groups in total. The lowest BCUT2D eigenvalue weighted by Crippen LogP contribution is -2.04. The van der Waals surface area contributed by atoms with Gasteiger partial charge in [0.15, 0.2) is 0 Å². The number of para-hydroxylation sites is 1. The highest BCUT2D eigenvalue weighted by Gasteiger charge is 1.98. The highest BCUT2D eigenvalue weighted by molar-refractivity contribution is 5.89. The second kappa shape index (κ2) is 5.72. The first-order chi connectivity index (χ1) is 8.74. The van der Waals surface area contributed by atoms with Gasteiger partial charge in [0.05, 0.1) is 5.69 Å². The van der Waals surface area contributed by atoms with Crippen molar-refractivity contribution in [1.29, 1.82) is 0 Å². The molecule has 0 aliphatic rings. The lowest BCUT2D eigenvalue weighted by atomic mass is 10.2. The van der Waals surface area contributed by atoms with Crippen LogP contribution in [0.4, 0.5) is 16.2 Å². The molecular weight excluding hydrogens is 226 g/mol. The fourth-order valence-electron chi connectivity index (χ4n) is 1.38. The third kappa shape index (κ3) is 3.52. The van der Waals surface area contributed by atoms with E-state index in [-0.39, 0.29) is 0 Å². The molecule has 4 nitrogen and oxygen atoms in total. The Balaban J connectivity index is 1.97. The fourth-order valence-corrected chi connectivity index (χ4v) is 1.38. The smallest absolute Gasteiger partial charge is 0.305 e. The number of rotatable bonds is 2. The number of urea groups is 1. The van der Waals surface area contributed by atoms with Gasteiger partial charge >= 0.3 is 6.03 Å². The average molecular weight is 239 g/mol. The van der Waals surface area contributed by atoms with E-state index in [1.807, 2.05) is 49.4 Å². The molecule has 0 radical (unpaired) electrons. The number of benzene rings is 2. The molecule has 2 amide bonds. The van der Waals surface area contributed by atoms with E-state index in [1.54, 1.807) is 12.1 Å². The maximum atomic E-state index is 11.5. The van der Waals surface area contributed by atoms with E-state index >= 15 is 0 Å². The van der Waals surface area contributed by atoms with Crippen molar-refractivity contribution in [2.75, 3.05) is 5.32 Å². The SMILES string of the molecule is Cc1ccc(N=NC(=O)Nc2ccccc2)cc1. The number of nitrogens with zero attached hydrogens (tertiary/aromatic N) is 2. The zero-order valence-electron chi connectivity index (χ0n) is 10.00. The van der Waals surface area contributed by atoms with Gasteiger partial charge in [0, 0.05) is 5.69 Å². The number of amides is 2. The van der Waals surface area contributed by atoms with Gasteiger partial charge in [0.2, 0.25) is 0 Å². The minimum atomic E-state index is -0.484. The summed E-state index contributed by atoms with van der Waals surface area (Å²) in [7, 11) is 0. The molecule has 0 heterocycles. The molecule has 0 aliphatic heterocycles. The summed E-state index contributed by atoms with van der Waals surface area (Å²) < 4.78 is 0. The number of carbonyl (C=O) groups excluding carboxylic acids is 1. The van der Waals surface area contributed by atoms with Crippen LogP contribution in [0.1, 0.15) is 5.56 Å². The van der Waals surface area contributed by atoms with Crippen LogP contribution in [0.15, 0.2) is 64.8 Å². The fraction of sp³-hybridized carbons (Fsp3) is 0.0714. The van der Waals surface area contributed by atoms with Crippen LogP contribution in [-0.4, -0.2) is 6.03 Å². The van der Waals surface area contributed by atoms with Crippen molar-refractivity contribution in [1.82, 2.24) is 0 Å². The molecule has 2 aromatic carbocycles. The largest absolute Gasteiger partial charge is 0.364 e. The first-order valence-electron chi connectivity index (χ1n) is 5.58. The number of hydrogen-bond donors (Lipinski definition) is 1. The number of hydrogen-bond acceptors (Lipinski definition) is 2. The monoisotopic (exact) mass is 239 g/mol. The van der Waals surface area contributed by atoms with Crippen molar-refractivity contribution in [3.8, 4) is 0 Å². The lowest BCUT2D eigenvalue weighted by Gasteiger charge is -1.99. The van der Waals surface area contributed by atoms with E-state index in [1.165, 1.54) is 0 Å². The molecule has 0 aromatic heterocycles. The summed E-state index contributed by atoms with van der Waals surface area (Å²) in [6.45, 7) is 1.99. The van der Waals surface area contributed by atoms with Crippen LogP contribution in [-0.2, 0) is 0 Å². The summed E-state index contributed by atoms with van der Waals surface area (Å²) in [6.07, 6.45) is 0. The Kier molecular flexibility index (Phi) is 3.81. The van der Waals surface area contributed by atoms with E-state index in [9.17, 15) is 4.79 Å². The maximum Gasteiger partial charge on any atom is 0.364 e. The van der Waals surface area contributed by atoms with Crippen LogP contribution in [0.5, 0.6) is 0 Å². The van der Waals surface area contributed by atoms with Crippen LogP contribution in [0.25, 0.3) is 0 Å². The number of azo groups is 1. The molecule has 0 fully saturated rings. The summed E-state index contributed by atoms with van der Waals surface area (Å²) >= 11 is 0. The summed E-state index contributed by atoms with van der Waals surface area (Å²) in [5.41, 5.74) is 2.50. The van der Waals surface area contributed by atoms with E-state index in [4.69, 9.17) is 0 Å². The number of anilines is 1. The van der Waals surface area contributed by atoms with Crippen molar-refractivity contribution in [2.24, 2.45) is 10.2 Å². The Hall–Kier alpha value is -2.49. The van der Waals surface area contributed by atoms with Gasteiger partial charge in [-0.3, -0.25) is 0 Å². The second-order valence-electron chi connectivity index (χ2n) is 3.83. The van der Waals surface area contributed by atoms with Gasteiger partial charge in [0.1, 0.15) is 0 Å². The minimum Gasteiger partial charge on any atom is -0.305 e. The molecule has 0 spiro atoms. The molecule has 0 atom stereocenters. The van der Waals surface area contributed by atoms with Gasteiger partial charge < -0.3 is 5.32 Å². The molecular formula is C14H13N3O. The molecule has 0 bridgehead atoms. The van der Waals surface area contributed by atoms with Gasteiger partial charge in [0.25, 0.3) is 0 Å². The Morgan fingerprint density at radius 1 is 1.00 bits per heavy atom. The zero-order chi connectivity index (χ0) is 12.8. The number of aryl methyl sites for hydroxylation is 1. The highest BCUT2D eigenvalue weighted by Crippen LogP contribution is 2.13. The zero-order valence-corrected chi connectivity index (χ0v) is 10.00. The lowest BCUT2D eigenvalue weighted by molar-refractivity contribution is 0.258. The molecule has 0 aliphatic carbocycles. The normalized spacial score (nSPS) is 10.5. The van der Waals surface area contributed by atoms with Gasteiger partial charge in [-0.15, -0.1) is 5.11 Å². The van der Waals surface area contributed by atoms with Crippen molar-refractivity contribution in [2.45, 2.75) is 6.92 Å². The summed E-state index contributed by atoms with van der Waals surface area (Å²) in [5.74, 6) is 0. The van der Waals surface area contributed by atoms with Crippen LogP contribution in [0, 0.1) is 6.92 Å². The number of carbonyl (C=O) groups is 1. The molecule has 0 saturated carbocycles. The Morgan fingerprint density at radius 3 is 2.33 bits per heavy atom. The second-order valence-corrected chi connectivity index (χ2v) is 3.83. The van der Waals surface area contributed by atoms with Gasteiger partial charge in [-0.1, -0.05) is 41.0 Å². The molecule has 0 saturated heterocycles. The Labute approximate surface area is 105 Å². The van der Waals surface area contributed by atoms with Gasteiger partial charge in [-0.05, 0) is 31.2 Å². The average Bonchev–Trinajstić information content (AvgIpc) is 2.39. The van der Waals surface area contributed by atoms with Crippen LogP contribution in [0.2, 0.25) is 0 Å². The molecule has 90 valence electrons. The Morgan fingerprint density at radius 2 is 1.67 bits per heavy atom. The quantitative estimate of drug-likeness (QED) is 0.780. The van der Waals surface area contributed by atoms with E-state index < -0.39 is 6.03 Å². The summed E-state index contributed by atoms with van der Waals surface area (Å²) in [5, 5.41) is 10.1. The van der Waals surface area contributed by atoms with E-state index in [0.717, 1.165) is 5.56 Å². The number of nitrogens with one attached hydrogen (secondary N) is 1. The maximum absolute atomic E-state index is 11.5. The van der Waals surface area contributed by atoms with Crippen molar-refractivity contribution in [3.05, 3.63) is 60.2 Å². The summed E-state index contributed by atoms with van der Waals surface area (Å²) in [6, 6.07) is 16.1. The van der Waals surface area contributed by atoms with Gasteiger partial charge in [-0.2, -0.15) is 0 Å². The first-order valence-corrected chi connectivity index (χ1v) is 5.58. The van der Waals surface area contributed by atoms with Crippen molar-refractivity contribution in [3.63, 3.8) is 0 Å². The predicted molar refractivity (Wildman–Crippen MR) is 71.2 cm³/mol. The predicted octanol–water partition coefficient (Wildman–Crippen LogP) is 4.31. The standard InChI is InChI=1S/C14H13N3O/c1-11-7-9-13(10-8-11)16-17-14(18)15-12-5-3-2-4-6-12/h2-10H,1H3,(H,15,18). The third-order valence-electron chi connectivity index (χ3n) is 2.32. The van der Waals surface area contributed by atoms with Crippen LogP contribution >= 0.6 is 0 Å². The van der Waals surface area contributed by atoms with Crippen LogP contribution < -0.4 is 5.32 Å².